The number of carbonyl (C=O) groups excluding carboxylic acids is 1. The van der Waals surface area contributed by atoms with Gasteiger partial charge in [-0.05, 0) is 67.2 Å². The molecule has 0 spiro atoms. The Morgan fingerprint density at radius 1 is 1.29 bits per heavy atom. The van der Waals surface area contributed by atoms with Gasteiger partial charge in [0.2, 0.25) is 5.91 Å². The van der Waals surface area contributed by atoms with Crippen LogP contribution in [0, 0.1) is 11.8 Å². The number of nitrogens with one attached hydrogen (secondary N) is 2. The number of carbonyl (C=O) groups is 1. The Kier molecular flexibility index (Phi) is 4.30. The summed E-state index contributed by atoms with van der Waals surface area (Å²) in [4.78, 5) is 20.5. The zero-order valence-corrected chi connectivity index (χ0v) is 16.0. The Morgan fingerprint density at radius 2 is 2.18 bits per heavy atom. The number of hydrogen-bond donors (Lipinski definition) is 2. The molecule has 2 heterocycles. The molecule has 0 bridgehead atoms. The quantitative estimate of drug-likeness (QED) is 0.646. The van der Waals surface area contributed by atoms with Gasteiger partial charge in [-0.1, -0.05) is 18.2 Å². The summed E-state index contributed by atoms with van der Waals surface area (Å²) in [6.45, 7) is 2.76. The third-order valence-electron chi connectivity index (χ3n) is 5.89. The molecule has 2 fully saturated rings. The van der Waals surface area contributed by atoms with Crippen molar-refractivity contribution in [3.05, 3.63) is 60.0 Å². The molecular formula is C23H25N3O2. The molecule has 2 aliphatic rings. The van der Waals surface area contributed by atoms with Crippen molar-refractivity contribution < 1.29 is 9.53 Å². The van der Waals surface area contributed by atoms with E-state index in [2.05, 4.69) is 39.6 Å². The number of hydrogen-bond acceptors (Lipinski definition) is 3. The van der Waals surface area contributed by atoms with Gasteiger partial charge in [0.05, 0.1) is 24.5 Å². The van der Waals surface area contributed by atoms with Crippen molar-refractivity contribution in [2.75, 3.05) is 6.61 Å². The van der Waals surface area contributed by atoms with E-state index in [1.165, 1.54) is 23.8 Å². The van der Waals surface area contributed by atoms with Gasteiger partial charge < -0.3 is 15.0 Å². The van der Waals surface area contributed by atoms with Gasteiger partial charge in [-0.15, -0.1) is 0 Å². The van der Waals surface area contributed by atoms with E-state index in [0.29, 0.717) is 5.92 Å². The Balaban J connectivity index is 1.19. The molecule has 2 aromatic heterocycles. The number of rotatable bonds is 7. The molecule has 5 heteroatoms. The van der Waals surface area contributed by atoms with E-state index in [9.17, 15) is 4.79 Å². The van der Waals surface area contributed by atoms with Crippen molar-refractivity contribution >= 4 is 16.8 Å². The van der Waals surface area contributed by atoms with Gasteiger partial charge in [-0.3, -0.25) is 9.78 Å². The monoisotopic (exact) mass is 375 g/mol. The predicted molar refractivity (Wildman–Crippen MR) is 108 cm³/mol. The Morgan fingerprint density at radius 3 is 2.96 bits per heavy atom. The molecule has 2 saturated carbocycles. The second-order valence-electron chi connectivity index (χ2n) is 8.14. The fourth-order valence-corrected chi connectivity index (χ4v) is 3.87. The van der Waals surface area contributed by atoms with E-state index in [1.54, 1.807) is 6.20 Å². The van der Waals surface area contributed by atoms with Gasteiger partial charge in [0.15, 0.2) is 0 Å². The molecular weight excluding hydrogens is 350 g/mol. The molecule has 144 valence electrons. The maximum atomic E-state index is 12.7. The van der Waals surface area contributed by atoms with Gasteiger partial charge in [-0.25, -0.2) is 0 Å². The van der Waals surface area contributed by atoms with Gasteiger partial charge in [-0.2, -0.15) is 0 Å². The van der Waals surface area contributed by atoms with E-state index in [0.717, 1.165) is 35.9 Å². The zero-order chi connectivity index (χ0) is 19.1. The minimum absolute atomic E-state index is 0.0394. The summed E-state index contributed by atoms with van der Waals surface area (Å²) in [5.41, 5.74) is 3.25. The molecule has 2 unspecified atom stereocenters. The van der Waals surface area contributed by atoms with E-state index in [-0.39, 0.29) is 17.9 Å². The largest absolute Gasteiger partial charge is 0.492 e. The van der Waals surface area contributed by atoms with Crippen LogP contribution >= 0.6 is 0 Å². The third-order valence-corrected chi connectivity index (χ3v) is 5.89. The lowest BCUT2D eigenvalue weighted by Gasteiger charge is -2.14. The second-order valence-corrected chi connectivity index (χ2v) is 8.14. The molecule has 3 atom stereocenters. The minimum Gasteiger partial charge on any atom is -0.492 e. The van der Waals surface area contributed by atoms with Crippen molar-refractivity contribution in [2.24, 2.45) is 11.8 Å². The number of H-pyrrole nitrogens is 1. The highest BCUT2D eigenvalue weighted by Crippen LogP contribution is 2.49. The second kappa shape index (κ2) is 6.97. The Labute approximate surface area is 164 Å². The SMILES string of the molecule is C[C@@H](NC(=O)C1CC1c1cccc2cc[nH]c12)c1ccc(OCC2CC2)cn1. The van der Waals surface area contributed by atoms with E-state index in [4.69, 9.17) is 4.74 Å². The average molecular weight is 375 g/mol. The Bertz CT molecular complexity index is 991. The summed E-state index contributed by atoms with van der Waals surface area (Å²) in [7, 11) is 0. The lowest BCUT2D eigenvalue weighted by atomic mass is 10.1. The molecule has 0 radical (unpaired) electrons. The molecule has 2 N–H and O–H groups in total. The number of aromatic amines is 1. The zero-order valence-electron chi connectivity index (χ0n) is 16.0. The number of amides is 1. The number of fused-ring (bicyclic) bond motifs is 1. The van der Waals surface area contributed by atoms with Crippen molar-refractivity contribution in [1.82, 2.24) is 15.3 Å². The van der Waals surface area contributed by atoms with Crippen LogP contribution in [0.25, 0.3) is 10.9 Å². The van der Waals surface area contributed by atoms with Crippen molar-refractivity contribution in [1.29, 1.82) is 0 Å². The van der Waals surface area contributed by atoms with Crippen molar-refractivity contribution in [3.8, 4) is 5.75 Å². The maximum absolute atomic E-state index is 12.7. The van der Waals surface area contributed by atoms with E-state index < -0.39 is 0 Å². The highest BCUT2D eigenvalue weighted by molar-refractivity contribution is 5.87. The highest BCUT2D eigenvalue weighted by atomic mass is 16.5. The van der Waals surface area contributed by atoms with Crippen LogP contribution in [-0.4, -0.2) is 22.5 Å². The van der Waals surface area contributed by atoms with Crippen LogP contribution in [0.3, 0.4) is 0 Å². The normalized spacial score (nSPS) is 22.0. The van der Waals surface area contributed by atoms with Crippen LogP contribution in [0.2, 0.25) is 0 Å². The Hall–Kier alpha value is -2.82. The fourth-order valence-electron chi connectivity index (χ4n) is 3.87. The third kappa shape index (κ3) is 3.49. The van der Waals surface area contributed by atoms with Gasteiger partial charge in [0.25, 0.3) is 0 Å². The summed E-state index contributed by atoms with van der Waals surface area (Å²) in [5, 5.41) is 4.33. The first-order valence-corrected chi connectivity index (χ1v) is 10.1. The van der Waals surface area contributed by atoms with Crippen LogP contribution in [0.5, 0.6) is 5.75 Å². The maximum Gasteiger partial charge on any atom is 0.224 e. The molecule has 5 nitrogen and oxygen atoms in total. The van der Waals surface area contributed by atoms with Gasteiger partial charge in [0, 0.05) is 17.6 Å². The summed E-state index contributed by atoms with van der Waals surface area (Å²) < 4.78 is 5.73. The van der Waals surface area contributed by atoms with E-state index >= 15 is 0 Å². The minimum atomic E-state index is -0.118. The lowest BCUT2D eigenvalue weighted by Crippen LogP contribution is -2.29. The molecule has 1 aromatic carbocycles. The summed E-state index contributed by atoms with van der Waals surface area (Å²) in [5.74, 6) is 1.96. The summed E-state index contributed by atoms with van der Waals surface area (Å²) in [6, 6.07) is 12.1. The highest BCUT2D eigenvalue weighted by Gasteiger charge is 2.45. The van der Waals surface area contributed by atoms with Crippen molar-refractivity contribution in [2.45, 2.75) is 38.1 Å². The van der Waals surface area contributed by atoms with Crippen LogP contribution < -0.4 is 10.1 Å². The predicted octanol–water partition coefficient (Wildman–Crippen LogP) is 4.33. The number of ether oxygens (including phenoxy) is 1. The van der Waals surface area contributed by atoms with Crippen LogP contribution in [-0.2, 0) is 4.79 Å². The van der Waals surface area contributed by atoms with Gasteiger partial charge >= 0.3 is 0 Å². The fraction of sp³-hybridized carbons (Fsp3) is 0.391. The van der Waals surface area contributed by atoms with Crippen LogP contribution in [0.4, 0.5) is 0 Å². The first kappa shape index (κ1) is 17.3. The first-order valence-electron chi connectivity index (χ1n) is 10.1. The van der Waals surface area contributed by atoms with Gasteiger partial charge in [0.1, 0.15) is 5.75 Å². The summed E-state index contributed by atoms with van der Waals surface area (Å²) >= 11 is 0. The smallest absolute Gasteiger partial charge is 0.224 e. The van der Waals surface area contributed by atoms with Crippen molar-refractivity contribution in [3.63, 3.8) is 0 Å². The number of para-hydroxylation sites is 1. The molecule has 28 heavy (non-hydrogen) atoms. The van der Waals surface area contributed by atoms with Crippen LogP contribution in [0.1, 0.15) is 49.4 Å². The number of aromatic nitrogens is 2. The topological polar surface area (TPSA) is 67.0 Å². The number of nitrogens with zero attached hydrogens (tertiary/aromatic N) is 1. The molecule has 0 saturated heterocycles. The standard InChI is InChI=1S/C23H25N3O2/c1-14(21-8-7-17(12-25-21)28-13-15-5-6-15)26-23(27)20-11-19(20)18-4-2-3-16-9-10-24-22(16)18/h2-4,7-10,12,14-15,19-20,24H,5-6,11,13H2,1H3,(H,26,27)/t14-,19?,20?/m1/s1. The molecule has 2 aliphatic carbocycles. The first-order chi connectivity index (χ1) is 13.7. The number of pyridine rings is 1. The summed E-state index contributed by atoms with van der Waals surface area (Å²) in [6.07, 6.45) is 7.16. The average Bonchev–Trinajstić information content (AvgIpc) is 3.63. The molecule has 3 aromatic rings. The lowest BCUT2D eigenvalue weighted by molar-refractivity contribution is -0.123. The molecule has 0 aliphatic heterocycles. The van der Waals surface area contributed by atoms with E-state index in [1.807, 2.05) is 25.3 Å². The van der Waals surface area contributed by atoms with Crippen LogP contribution in [0.15, 0.2) is 48.8 Å². The molecule has 5 rings (SSSR count). The number of benzene rings is 1. The molecule has 1 amide bonds.